The molecule has 4 heteroatoms. The molecule has 0 radical (unpaired) electrons. The first-order chi connectivity index (χ1) is 10.8. The number of rotatable bonds is 6. The quantitative estimate of drug-likeness (QED) is 0.710. The Balaban J connectivity index is 1.64. The van der Waals surface area contributed by atoms with Crippen molar-refractivity contribution in [1.82, 2.24) is 9.55 Å². The molecule has 0 saturated heterocycles. The van der Waals surface area contributed by atoms with Gasteiger partial charge in [0.05, 0.1) is 24.2 Å². The molecule has 2 N–H and O–H groups in total. The number of hydrogen-bond donors (Lipinski definition) is 1. The molecule has 22 heavy (non-hydrogen) atoms. The fraction of sp³-hybridized carbons (Fsp3) is 0.278. The Kier molecular flexibility index (Phi) is 4.39. The Bertz CT molecular complexity index is 764. The van der Waals surface area contributed by atoms with Crippen molar-refractivity contribution in [3.8, 4) is 5.75 Å². The monoisotopic (exact) mass is 295 g/mol. The van der Waals surface area contributed by atoms with Crippen LogP contribution in [0, 0.1) is 6.92 Å². The predicted octanol–water partition coefficient (Wildman–Crippen LogP) is 3.27. The zero-order chi connectivity index (χ0) is 15.4. The summed E-state index contributed by atoms with van der Waals surface area (Å²) in [5.74, 6) is 1.85. The highest BCUT2D eigenvalue weighted by Crippen LogP contribution is 2.17. The summed E-state index contributed by atoms with van der Waals surface area (Å²) in [4.78, 5) is 4.58. The van der Waals surface area contributed by atoms with E-state index < -0.39 is 0 Å². The fourth-order valence-electron chi connectivity index (χ4n) is 2.65. The lowest BCUT2D eigenvalue weighted by molar-refractivity contribution is 0.301. The molecule has 2 aromatic carbocycles. The van der Waals surface area contributed by atoms with Gasteiger partial charge in [-0.25, -0.2) is 4.98 Å². The number of aromatic nitrogens is 2. The summed E-state index contributed by atoms with van der Waals surface area (Å²) in [5, 5.41) is 0. The second-order valence-electron chi connectivity index (χ2n) is 5.39. The normalized spacial score (nSPS) is 11.0. The smallest absolute Gasteiger partial charge is 0.123 e. The number of aryl methyl sites for hydroxylation is 2. The van der Waals surface area contributed by atoms with Gasteiger partial charge in [-0.15, -0.1) is 0 Å². The molecule has 0 atom stereocenters. The van der Waals surface area contributed by atoms with Gasteiger partial charge in [-0.1, -0.05) is 24.3 Å². The van der Waals surface area contributed by atoms with E-state index >= 15 is 0 Å². The third-order valence-electron chi connectivity index (χ3n) is 3.70. The SMILES string of the molecule is Cc1cccc(OCCCn2c(CN)nc3ccccc32)c1. The van der Waals surface area contributed by atoms with Crippen molar-refractivity contribution in [3.05, 3.63) is 59.9 Å². The van der Waals surface area contributed by atoms with Crippen molar-refractivity contribution in [3.63, 3.8) is 0 Å². The number of para-hydroxylation sites is 2. The van der Waals surface area contributed by atoms with Crippen LogP contribution in [0.3, 0.4) is 0 Å². The van der Waals surface area contributed by atoms with Crippen molar-refractivity contribution < 1.29 is 4.74 Å². The van der Waals surface area contributed by atoms with Crippen LogP contribution in [0.2, 0.25) is 0 Å². The summed E-state index contributed by atoms with van der Waals surface area (Å²) in [6.45, 7) is 4.06. The zero-order valence-corrected chi connectivity index (χ0v) is 12.8. The van der Waals surface area contributed by atoms with Crippen molar-refractivity contribution in [2.75, 3.05) is 6.61 Å². The molecule has 1 heterocycles. The van der Waals surface area contributed by atoms with E-state index in [0.717, 1.165) is 35.6 Å². The van der Waals surface area contributed by atoms with Gasteiger partial charge in [0.25, 0.3) is 0 Å². The second kappa shape index (κ2) is 6.62. The summed E-state index contributed by atoms with van der Waals surface area (Å²) in [5.41, 5.74) is 9.16. The molecule has 0 aliphatic carbocycles. The van der Waals surface area contributed by atoms with Gasteiger partial charge in [-0.3, -0.25) is 0 Å². The highest BCUT2D eigenvalue weighted by molar-refractivity contribution is 5.75. The van der Waals surface area contributed by atoms with E-state index in [2.05, 4.69) is 34.7 Å². The first-order valence-electron chi connectivity index (χ1n) is 7.61. The highest BCUT2D eigenvalue weighted by Gasteiger charge is 2.08. The van der Waals surface area contributed by atoms with Gasteiger partial charge in [0.15, 0.2) is 0 Å². The van der Waals surface area contributed by atoms with Crippen molar-refractivity contribution in [2.45, 2.75) is 26.4 Å². The molecule has 3 aromatic rings. The summed E-state index contributed by atoms with van der Waals surface area (Å²) in [7, 11) is 0. The summed E-state index contributed by atoms with van der Waals surface area (Å²) in [6, 6.07) is 16.3. The van der Waals surface area contributed by atoms with Crippen LogP contribution in [0.25, 0.3) is 11.0 Å². The first kappa shape index (κ1) is 14.6. The van der Waals surface area contributed by atoms with Gasteiger partial charge in [-0.2, -0.15) is 0 Å². The molecule has 0 amide bonds. The number of imidazole rings is 1. The molecule has 0 aliphatic rings. The standard InChI is InChI=1S/C18H21N3O/c1-14-6-4-7-15(12-14)22-11-5-10-21-17-9-3-2-8-16(17)20-18(21)13-19/h2-4,6-9,12H,5,10-11,13,19H2,1H3. The van der Waals surface area contributed by atoms with Crippen LogP contribution in [0.15, 0.2) is 48.5 Å². The van der Waals surface area contributed by atoms with Crippen LogP contribution in [-0.4, -0.2) is 16.2 Å². The van der Waals surface area contributed by atoms with Crippen molar-refractivity contribution in [2.24, 2.45) is 5.73 Å². The molecule has 0 saturated carbocycles. The number of hydrogen-bond acceptors (Lipinski definition) is 3. The van der Waals surface area contributed by atoms with E-state index in [4.69, 9.17) is 10.5 Å². The van der Waals surface area contributed by atoms with E-state index in [9.17, 15) is 0 Å². The van der Waals surface area contributed by atoms with Crippen LogP contribution >= 0.6 is 0 Å². The average Bonchev–Trinajstić information content (AvgIpc) is 2.89. The van der Waals surface area contributed by atoms with Crippen LogP contribution in [-0.2, 0) is 13.1 Å². The lowest BCUT2D eigenvalue weighted by atomic mass is 10.2. The molecular formula is C18H21N3O. The van der Waals surface area contributed by atoms with Crippen molar-refractivity contribution in [1.29, 1.82) is 0 Å². The topological polar surface area (TPSA) is 53.1 Å². The van der Waals surface area contributed by atoms with Crippen LogP contribution < -0.4 is 10.5 Å². The Morgan fingerprint density at radius 3 is 2.82 bits per heavy atom. The van der Waals surface area contributed by atoms with E-state index in [-0.39, 0.29) is 0 Å². The van der Waals surface area contributed by atoms with Crippen LogP contribution in [0.4, 0.5) is 0 Å². The number of fused-ring (bicyclic) bond motifs is 1. The maximum Gasteiger partial charge on any atom is 0.123 e. The van der Waals surface area contributed by atoms with E-state index in [0.29, 0.717) is 13.2 Å². The molecule has 0 unspecified atom stereocenters. The van der Waals surface area contributed by atoms with Crippen LogP contribution in [0.1, 0.15) is 17.8 Å². The molecule has 3 rings (SSSR count). The minimum absolute atomic E-state index is 0.452. The number of benzene rings is 2. The molecule has 0 fully saturated rings. The predicted molar refractivity (Wildman–Crippen MR) is 88.9 cm³/mol. The molecule has 0 aliphatic heterocycles. The zero-order valence-electron chi connectivity index (χ0n) is 12.8. The largest absolute Gasteiger partial charge is 0.494 e. The number of nitrogens with two attached hydrogens (primary N) is 1. The van der Waals surface area contributed by atoms with Crippen molar-refractivity contribution >= 4 is 11.0 Å². The number of ether oxygens (including phenoxy) is 1. The van der Waals surface area contributed by atoms with Gasteiger partial charge in [0.2, 0.25) is 0 Å². The Morgan fingerprint density at radius 1 is 1.14 bits per heavy atom. The molecular weight excluding hydrogens is 274 g/mol. The molecule has 0 bridgehead atoms. The minimum atomic E-state index is 0.452. The highest BCUT2D eigenvalue weighted by atomic mass is 16.5. The number of nitrogens with zero attached hydrogens (tertiary/aromatic N) is 2. The van der Waals surface area contributed by atoms with Gasteiger partial charge in [0.1, 0.15) is 11.6 Å². The van der Waals surface area contributed by atoms with E-state index in [1.165, 1.54) is 5.56 Å². The van der Waals surface area contributed by atoms with Gasteiger partial charge >= 0.3 is 0 Å². The van der Waals surface area contributed by atoms with E-state index in [1.807, 2.05) is 30.3 Å². The summed E-state index contributed by atoms with van der Waals surface area (Å²) in [6.07, 6.45) is 0.918. The Hall–Kier alpha value is -2.33. The first-order valence-corrected chi connectivity index (χ1v) is 7.61. The van der Waals surface area contributed by atoms with Gasteiger partial charge in [-0.05, 0) is 43.2 Å². The maximum atomic E-state index is 5.81. The van der Waals surface area contributed by atoms with E-state index in [1.54, 1.807) is 0 Å². The van der Waals surface area contributed by atoms with Gasteiger partial charge < -0.3 is 15.0 Å². The fourth-order valence-corrected chi connectivity index (χ4v) is 2.65. The minimum Gasteiger partial charge on any atom is -0.494 e. The molecule has 1 aromatic heterocycles. The maximum absolute atomic E-state index is 5.81. The van der Waals surface area contributed by atoms with Gasteiger partial charge in [0, 0.05) is 6.54 Å². The lowest BCUT2D eigenvalue weighted by Gasteiger charge is -2.10. The third kappa shape index (κ3) is 3.12. The molecule has 0 spiro atoms. The lowest BCUT2D eigenvalue weighted by Crippen LogP contribution is -2.11. The second-order valence-corrected chi connectivity index (χ2v) is 5.39. The third-order valence-corrected chi connectivity index (χ3v) is 3.70. The summed E-state index contributed by atoms with van der Waals surface area (Å²) >= 11 is 0. The van der Waals surface area contributed by atoms with Crippen LogP contribution in [0.5, 0.6) is 5.75 Å². The average molecular weight is 295 g/mol. The molecule has 114 valence electrons. The molecule has 4 nitrogen and oxygen atoms in total. The summed E-state index contributed by atoms with van der Waals surface area (Å²) < 4.78 is 8.00. The Labute approximate surface area is 130 Å². The Morgan fingerprint density at radius 2 is 2.00 bits per heavy atom.